The van der Waals surface area contributed by atoms with Crippen molar-refractivity contribution >= 4 is 21.7 Å². The number of aromatic nitrogens is 5. The molecule has 4 bridgehead atoms. The van der Waals surface area contributed by atoms with Crippen LogP contribution in [0.15, 0.2) is 66.0 Å². The molecule has 4 heterocycles. The molecule has 1 fully saturated rings. The fourth-order valence-corrected chi connectivity index (χ4v) is 6.34. The molecular weight excluding hydrogens is 631 g/mol. The number of sulfonamides is 1. The third kappa shape index (κ3) is 7.69. The molecule has 0 radical (unpaired) electrons. The summed E-state index contributed by atoms with van der Waals surface area (Å²) >= 11 is 0. The zero-order valence-electron chi connectivity index (χ0n) is 26.4. The van der Waals surface area contributed by atoms with E-state index in [4.69, 9.17) is 9.72 Å². The molecule has 0 spiro atoms. The first-order valence-electron chi connectivity index (χ1n) is 15.9. The van der Waals surface area contributed by atoms with Crippen LogP contribution in [-0.4, -0.2) is 59.0 Å². The monoisotopic (exact) mass is 669 g/mol. The normalized spacial score (nSPS) is 17.3. The number of halogens is 3. The Balaban J connectivity index is 1.37. The third-order valence-corrected chi connectivity index (χ3v) is 9.76. The van der Waals surface area contributed by atoms with Crippen molar-refractivity contribution in [2.75, 3.05) is 29.3 Å². The SMILES string of the molecule is CC(C)(COc1ccn(-c2ncc3nc2-c2ccccc2CCCCCCN(CC2CC2)c2cccc(n2)S(=O)(=O)N3)n1)C(F)(F)F. The highest BCUT2D eigenvalue weighted by Gasteiger charge is 2.48. The van der Waals surface area contributed by atoms with Crippen LogP contribution in [-0.2, 0) is 16.4 Å². The number of fused-ring (bicyclic) bond motifs is 6. The second-order valence-electron chi connectivity index (χ2n) is 12.8. The van der Waals surface area contributed by atoms with E-state index in [9.17, 15) is 21.6 Å². The number of nitrogens with one attached hydrogen (secondary N) is 1. The second-order valence-corrected chi connectivity index (χ2v) is 14.5. The van der Waals surface area contributed by atoms with Gasteiger partial charge in [0, 0.05) is 30.9 Å². The van der Waals surface area contributed by atoms with Crippen LogP contribution in [0.5, 0.6) is 5.88 Å². The highest BCUT2D eigenvalue weighted by Crippen LogP contribution is 2.38. The van der Waals surface area contributed by atoms with Crippen LogP contribution in [0, 0.1) is 11.3 Å². The van der Waals surface area contributed by atoms with Gasteiger partial charge in [-0.3, -0.25) is 4.72 Å². The Labute approximate surface area is 272 Å². The van der Waals surface area contributed by atoms with Crippen molar-refractivity contribution in [3.63, 3.8) is 0 Å². The van der Waals surface area contributed by atoms with Gasteiger partial charge in [0.25, 0.3) is 10.0 Å². The number of pyridine rings is 1. The Morgan fingerprint density at radius 3 is 2.55 bits per heavy atom. The highest BCUT2D eigenvalue weighted by molar-refractivity contribution is 7.92. The van der Waals surface area contributed by atoms with Crippen LogP contribution in [0.25, 0.3) is 17.1 Å². The summed E-state index contributed by atoms with van der Waals surface area (Å²) < 4.78 is 76.7. The molecule has 6 rings (SSSR count). The van der Waals surface area contributed by atoms with Gasteiger partial charge in [0.05, 0.1) is 11.6 Å². The van der Waals surface area contributed by atoms with Gasteiger partial charge in [0.2, 0.25) is 5.88 Å². The van der Waals surface area contributed by atoms with E-state index in [1.165, 1.54) is 42.0 Å². The number of alkyl halides is 3. The zero-order chi connectivity index (χ0) is 33.2. The summed E-state index contributed by atoms with van der Waals surface area (Å²) in [5.74, 6) is 1.48. The van der Waals surface area contributed by atoms with E-state index in [0.717, 1.165) is 70.2 Å². The Morgan fingerprint density at radius 1 is 0.979 bits per heavy atom. The number of benzene rings is 1. The third-order valence-electron chi connectivity index (χ3n) is 8.50. The van der Waals surface area contributed by atoms with E-state index >= 15 is 0 Å². The molecule has 3 aromatic heterocycles. The first-order chi connectivity index (χ1) is 22.4. The van der Waals surface area contributed by atoms with E-state index in [-0.39, 0.29) is 22.5 Å². The number of rotatable bonds is 6. The van der Waals surface area contributed by atoms with Gasteiger partial charge in [-0.25, -0.2) is 19.6 Å². The molecule has 14 heteroatoms. The molecule has 10 nitrogen and oxygen atoms in total. The quantitative estimate of drug-likeness (QED) is 0.238. The lowest BCUT2D eigenvalue weighted by Crippen LogP contribution is -2.37. The summed E-state index contributed by atoms with van der Waals surface area (Å²) in [5, 5.41) is 4.22. The number of ether oxygens (including phenoxy) is 1. The predicted octanol–water partition coefficient (Wildman–Crippen LogP) is 6.83. The lowest BCUT2D eigenvalue weighted by molar-refractivity contribution is -0.219. The maximum Gasteiger partial charge on any atom is 0.397 e. The highest BCUT2D eigenvalue weighted by atomic mass is 32.2. The van der Waals surface area contributed by atoms with Gasteiger partial charge in [-0.2, -0.15) is 21.6 Å². The molecule has 0 amide bonds. The Hall–Kier alpha value is -4.20. The predicted molar refractivity (Wildman–Crippen MR) is 172 cm³/mol. The van der Waals surface area contributed by atoms with Gasteiger partial charge in [-0.1, -0.05) is 43.2 Å². The van der Waals surface area contributed by atoms with Crippen molar-refractivity contribution in [3.05, 3.63) is 66.5 Å². The lowest BCUT2D eigenvalue weighted by Gasteiger charge is -2.26. The van der Waals surface area contributed by atoms with Gasteiger partial charge < -0.3 is 9.64 Å². The van der Waals surface area contributed by atoms with E-state index in [2.05, 4.69) is 24.7 Å². The maximum atomic E-state index is 13.6. The van der Waals surface area contributed by atoms with E-state index in [0.29, 0.717) is 17.4 Å². The summed E-state index contributed by atoms with van der Waals surface area (Å²) in [4.78, 5) is 16.0. The van der Waals surface area contributed by atoms with Gasteiger partial charge in [-0.05, 0) is 69.6 Å². The van der Waals surface area contributed by atoms with Crippen molar-refractivity contribution in [2.45, 2.75) is 70.0 Å². The van der Waals surface area contributed by atoms with Gasteiger partial charge in [-0.15, -0.1) is 5.10 Å². The molecule has 1 N–H and O–H groups in total. The van der Waals surface area contributed by atoms with E-state index in [1.807, 2.05) is 30.3 Å². The van der Waals surface area contributed by atoms with Crippen LogP contribution >= 0.6 is 0 Å². The van der Waals surface area contributed by atoms with Crippen LogP contribution < -0.4 is 14.4 Å². The van der Waals surface area contributed by atoms with Gasteiger partial charge in [0.15, 0.2) is 16.7 Å². The first kappa shape index (κ1) is 32.7. The minimum atomic E-state index is -4.45. The van der Waals surface area contributed by atoms with Crippen LogP contribution in [0.1, 0.15) is 57.9 Å². The molecule has 0 saturated heterocycles. The van der Waals surface area contributed by atoms with Gasteiger partial charge in [0.1, 0.15) is 18.1 Å². The molecule has 0 atom stereocenters. The Kier molecular flexibility index (Phi) is 9.14. The lowest BCUT2D eigenvalue weighted by atomic mass is 9.94. The summed E-state index contributed by atoms with van der Waals surface area (Å²) in [6.45, 7) is 3.16. The van der Waals surface area contributed by atoms with Crippen molar-refractivity contribution < 1.29 is 26.3 Å². The van der Waals surface area contributed by atoms with Crippen molar-refractivity contribution in [3.8, 4) is 23.0 Å². The molecule has 1 aromatic carbocycles. The molecule has 1 aliphatic carbocycles. The summed E-state index contributed by atoms with van der Waals surface area (Å²) in [7, 11) is -4.14. The van der Waals surface area contributed by atoms with Crippen molar-refractivity contribution in [2.24, 2.45) is 11.3 Å². The largest absolute Gasteiger partial charge is 0.476 e. The molecular formula is C33H38F3N7O3S. The number of aryl methyl sites for hydroxylation is 1. The van der Waals surface area contributed by atoms with Crippen LogP contribution in [0.3, 0.4) is 0 Å². The summed E-state index contributed by atoms with van der Waals surface area (Å²) in [6, 6.07) is 14.2. The van der Waals surface area contributed by atoms with Crippen molar-refractivity contribution in [1.82, 2.24) is 24.7 Å². The molecule has 47 heavy (non-hydrogen) atoms. The summed E-state index contributed by atoms with van der Waals surface area (Å²) in [6.07, 6.45) is 5.41. The Morgan fingerprint density at radius 2 is 1.77 bits per heavy atom. The molecule has 250 valence electrons. The molecule has 0 unspecified atom stereocenters. The molecule has 2 aliphatic rings. The number of nitrogens with zero attached hydrogens (tertiary/aromatic N) is 6. The molecule has 4 aromatic rings. The standard InChI is InChI=1S/C33H38F3N7O3S/c1-32(2,33(34,35)36)22-46-28-17-19-43(40-28)31-30-25-12-7-6-11-24(25)10-5-3-4-8-18-42(21-23-15-16-23)27-13-9-14-29(39-27)47(44,45)41-26(38-30)20-37-31/h6-7,9,11-14,17,19-20,23H,3-5,8,10,15-16,18,21-22H2,1-2H3,(H,38,41). The number of hydrogen-bond acceptors (Lipinski definition) is 8. The van der Waals surface area contributed by atoms with Crippen LogP contribution in [0.2, 0.25) is 0 Å². The minimum Gasteiger partial charge on any atom is -0.476 e. The topological polar surface area (TPSA) is 115 Å². The second kappa shape index (κ2) is 13.1. The number of hydrogen-bond donors (Lipinski definition) is 1. The zero-order valence-corrected chi connectivity index (χ0v) is 27.2. The Bertz CT molecular complexity index is 1820. The fourth-order valence-electron chi connectivity index (χ4n) is 5.39. The average molecular weight is 670 g/mol. The van der Waals surface area contributed by atoms with Gasteiger partial charge >= 0.3 is 6.18 Å². The van der Waals surface area contributed by atoms with E-state index < -0.39 is 28.2 Å². The number of anilines is 2. The molecule has 1 aliphatic heterocycles. The first-order valence-corrected chi connectivity index (χ1v) is 17.3. The maximum absolute atomic E-state index is 13.6. The fraction of sp³-hybridized carbons (Fsp3) is 0.455. The smallest absolute Gasteiger partial charge is 0.397 e. The summed E-state index contributed by atoms with van der Waals surface area (Å²) in [5.41, 5.74) is 0.0228. The van der Waals surface area contributed by atoms with Crippen LogP contribution in [0.4, 0.5) is 24.8 Å². The average Bonchev–Trinajstić information content (AvgIpc) is 3.73. The molecule has 1 saturated carbocycles. The van der Waals surface area contributed by atoms with Crippen molar-refractivity contribution in [1.29, 1.82) is 0 Å². The minimum absolute atomic E-state index is 0.0135. The van der Waals surface area contributed by atoms with E-state index in [1.54, 1.807) is 6.07 Å².